The molecule has 3 N–H and O–H groups in total. The van der Waals surface area contributed by atoms with Gasteiger partial charge in [0, 0.05) is 12.1 Å². The van der Waals surface area contributed by atoms with Gasteiger partial charge in [-0.05, 0) is 49.1 Å². The van der Waals surface area contributed by atoms with E-state index in [0.29, 0.717) is 12.1 Å². The molecule has 0 spiro atoms. The first-order chi connectivity index (χ1) is 13.8. The summed E-state index contributed by atoms with van der Waals surface area (Å²) < 4.78 is 0. The maximum Gasteiger partial charge on any atom is 0.475 e. The van der Waals surface area contributed by atoms with Crippen LogP contribution in [0.3, 0.4) is 0 Å². The number of carbonyl (C=O) groups is 2. The van der Waals surface area contributed by atoms with Gasteiger partial charge in [-0.25, -0.2) is 0 Å². The third-order valence-corrected chi connectivity index (χ3v) is 5.32. The first-order valence-electron chi connectivity index (χ1n) is 9.58. The average Bonchev–Trinajstić information content (AvgIpc) is 3.08. The molecular weight excluding hydrogens is 367 g/mol. The Labute approximate surface area is 171 Å². The van der Waals surface area contributed by atoms with Crippen LogP contribution < -0.4 is 10.2 Å². The van der Waals surface area contributed by atoms with Crippen LogP contribution in [-0.4, -0.2) is 41.0 Å². The minimum absolute atomic E-state index is 0.268. The van der Waals surface area contributed by atoms with Gasteiger partial charge in [0.15, 0.2) is 0 Å². The van der Waals surface area contributed by atoms with E-state index < -0.39 is 25.0 Å². The molecule has 0 radical (unpaired) electrons. The van der Waals surface area contributed by atoms with Gasteiger partial charge < -0.3 is 15.4 Å². The van der Waals surface area contributed by atoms with E-state index in [1.54, 1.807) is 6.07 Å². The highest BCUT2D eigenvalue weighted by Crippen LogP contribution is 2.32. The fraction of sp³-hybridized carbons (Fsp3) is 0.273. The molecule has 2 unspecified atom stereocenters. The molecule has 2 aromatic rings. The molecule has 2 aromatic carbocycles. The molecule has 0 saturated carbocycles. The van der Waals surface area contributed by atoms with Gasteiger partial charge in [-0.15, -0.1) is 0 Å². The summed E-state index contributed by atoms with van der Waals surface area (Å²) in [6.45, 7) is 7.46. The van der Waals surface area contributed by atoms with Crippen molar-refractivity contribution in [2.75, 3.05) is 4.90 Å². The highest BCUT2D eigenvalue weighted by atomic mass is 16.4. The Kier molecular flexibility index (Phi) is 6.20. The van der Waals surface area contributed by atoms with Gasteiger partial charge in [0.05, 0.1) is 5.94 Å². The largest absolute Gasteiger partial charge is 0.475 e. The number of fused-ring (bicyclic) bond motifs is 1. The van der Waals surface area contributed by atoms with Crippen molar-refractivity contribution in [1.29, 1.82) is 0 Å². The zero-order chi connectivity index (χ0) is 21.1. The lowest BCUT2D eigenvalue weighted by molar-refractivity contribution is -0.125. The molecule has 2 atom stereocenters. The van der Waals surface area contributed by atoms with Crippen molar-refractivity contribution < 1.29 is 19.6 Å². The molecule has 0 bridgehead atoms. The molecule has 0 saturated heterocycles. The first-order valence-corrected chi connectivity index (χ1v) is 9.58. The standard InChI is InChI=1S/C22H25BN2O4/c1-4-21(26)25-18-8-6-5-7-17(18)12-19(25)22(27)24-20(23(28)29)13-16-10-9-14(2)11-15(16)3/h4-11,19-20,28-29H,1,12-13H2,2-3H3,(H,24,27). The molecule has 6 nitrogen and oxygen atoms in total. The highest BCUT2D eigenvalue weighted by molar-refractivity contribution is 6.43. The Bertz CT molecular complexity index is 944. The molecule has 1 heterocycles. The summed E-state index contributed by atoms with van der Waals surface area (Å²) in [6, 6.07) is 12.4. The quantitative estimate of drug-likeness (QED) is 0.513. The fourth-order valence-electron chi connectivity index (χ4n) is 3.79. The van der Waals surface area contributed by atoms with Gasteiger partial charge in [-0.3, -0.25) is 14.5 Å². The van der Waals surface area contributed by atoms with E-state index in [9.17, 15) is 19.6 Å². The van der Waals surface area contributed by atoms with Gasteiger partial charge in [-0.2, -0.15) is 0 Å². The van der Waals surface area contributed by atoms with Gasteiger partial charge in [0.1, 0.15) is 6.04 Å². The van der Waals surface area contributed by atoms with E-state index in [0.717, 1.165) is 22.3 Å². The Hall–Kier alpha value is -2.90. The fourth-order valence-corrected chi connectivity index (χ4v) is 3.79. The monoisotopic (exact) mass is 392 g/mol. The lowest BCUT2D eigenvalue weighted by Crippen LogP contribution is -2.55. The lowest BCUT2D eigenvalue weighted by Gasteiger charge is -2.26. The van der Waals surface area contributed by atoms with Gasteiger partial charge in [-0.1, -0.05) is 48.5 Å². The second-order valence-corrected chi connectivity index (χ2v) is 7.42. The smallest absolute Gasteiger partial charge is 0.426 e. The normalized spacial score (nSPS) is 16.1. The zero-order valence-corrected chi connectivity index (χ0v) is 16.6. The molecule has 1 aliphatic heterocycles. The minimum atomic E-state index is -1.73. The molecule has 0 aromatic heterocycles. The summed E-state index contributed by atoms with van der Waals surface area (Å²) >= 11 is 0. The van der Waals surface area contributed by atoms with Crippen molar-refractivity contribution in [2.45, 2.75) is 38.7 Å². The zero-order valence-electron chi connectivity index (χ0n) is 16.6. The molecule has 7 heteroatoms. The lowest BCUT2D eigenvalue weighted by atomic mass is 9.75. The predicted molar refractivity (Wildman–Crippen MR) is 113 cm³/mol. The number of benzene rings is 2. The van der Waals surface area contributed by atoms with E-state index in [1.165, 1.54) is 11.0 Å². The Balaban J connectivity index is 1.81. The van der Waals surface area contributed by atoms with Gasteiger partial charge >= 0.3 is 7.12 Å². The van der Waals surface area contributed by atoms with Crippen LogP contribution in [0.2, 0.25) is 0 Å². The van der Waals surface area contributed by atoms with Crippen LogP contribution in [0.15, 0.2) is 55.1 Å². The van der Waals surface area contributed by atoms with Gasteiger partial charge in [0.2, 0.25) is 5.91 Å². The number of aryl methyl sites for hydroxylation is 2. The third-order valence-electron chi connectivity index (χ3n) is 5.32. The highest BCUT2D eigenvalue weighted by Gasteiger charge is 2.39. The predicted octanol–water partition coefficient (Wildman–Crippen LogP) is 1.49. The molecule has 0 aliphatic carbocycles. The van der Waals surface area contributed by atoms with E-state index in [1.807, 2.05) is 50.2 Å². The molecule has 29 heavy (non-hydrogen) atoms. The van der Waals surface area contributed by atoms with E-state index in [4.69, 9.17) is 0 Å². The SMILES string of the molecule is C=CC(=O)N1c2ccccc2CC1C(=O)NC(Cc1ccc(C)cc1C)B(O)O. The maximum atomic E-state index is 13.0. The minimum Gasteiger partial charge on any atom is -0.426 e. The maximum absolute atomic E-state index is 13.0. The molecule has 1 aliphatic rings. The second kappa shape index (κ2) is 8.63. The van der Waals surface area contributed by atoms with E-state index in [-0.39, 0.29) is 12.3 Å². The van der Waals surface area contributed by atoms with Crippen LogP contribution in [0.5, 0.6) is 0 Å². The Morgan fingerprint density at radius 3 is 2.66 bits per heavy atom. The summed E-state index contributed by atoms with van der Waals surface area (Å²) in [5, 5.41) is 22.4. The summed E-state index contributed by atoms with van der Waals surface area (Å²) in [7, 11) is -1.73. The van der Waals surface area contributed by atoms with Crippen molar-refractivity contribution in [3.05, 3.63) is 77.4 Å². The Morgan fingerprint density at radius 1 is 1.28 bits per heavy atom. The van der Waals surface area contributed by atoms with Crippen molar-refractivity contribution >= 4 is 24.6 Å². The molecular formula is C22H25BN2O4. The second-order valence-electron chi connectivity index (χ2n) is 7.42. The number of carbonyl (C=O) groups excluding carboxylic acids is 2. The number of hydrogen-bond donors (Lipinski definition) is 3. The number of hydrogen-bond acceptors (Lipinski definition) is 4. The number of anilines is 1. The number of amides is 2. The number of nitrogens with zero attached hydrogens (tertiary/aromatic N) is 1. The molecule has 150 valence electrons. The van der Waals surface area contributed by atoms with Gasteiger partial charge in [0.25, 0.3) is 5.91 Å². The van der Waals surface area contributed by atoms with Crippen LogP contribution in [-0.2, 0) is 22.4 Å². The molecule has 0 fully saturated rings. The summed E-state index contributed by atoms with van der Waals surface area (Å²) in [6.07, 6.45) is 1.81. The van der Waals surface area contributed by atoms with Crippen LogP contribution in [0.1, 0.15) is 22.3 Å². The van der Waals surface area contributed by atoms with E-state index in [2.05, 4.69) is 11.9 Å². The van der Waals surface area contributed by atoms with Crippen LogP contribution in [0, 0.1) is 13.8 Å². The van der Waals surface area contributed by atoms with Crippen molar-refractivity contribution in [3.63, 3.8) is 0 Å². The van der Waals surface area contributed by atoms with Crippen LogP contribution in [0.25, 0.3) is 0 Å². The average molecular weight is 392 g/mol. The van der Waals surface area contributed by atoms with Crippen molar-refractivity contribution in [3.8, 4) is 0 Å². The number of para-hydroxylation sites is 1. The third kappa shape index (κ3) is 4.41. The number of nitrogens with one attached hydrogen (secondary N) is 1. The van der Waals surface area contributed by atoms with Crippen molar-refractivity contribution in [1.82, 2.24) is 5.32 Å². The summed E-state index contributed by atoms with van der Waals surface area (Å²) in [5.74, 6) is -1.70. The molecule has 2 amide bonds. The summed E-state index contributed by atoms with van der Waals surface area (Å²) in [4.78, 5) is 26.8. The van der Waals surface area contributed by atoms with E-state index >= 15 is 0 Å². The van der Waals surface area contributed by atoms with Crippen LogP contribution >= 0.6 is 0 Å². The van der Waals surface area contributed by atoms with Crippen molar-refractivity contribution in [2.24, 2.45) is 0 Å². The topological polar surface area (TPSA) is 89.9 Å². The Morgan fingerprint density at radius 2 is 2.00 bits per heavy atom. The number of rotatable bonds is 6. The molecule has 3 rings (SSSR count). The summed E-state index contributed by atoms with van der Waals surface area (Å²) in [5.41, 5.74) is 4.61. The van der Waals surface area contributed by atoms with Crippen LogP contribution in [0.4, 0.5) is 5.69 Å². The first kappa shape index (κ1) is 20.8.